The molecular formula is C13H17ClO3. The third kappa shape index (κ3) is 3.37. The maximum atomic E-state index is 11.6. The Morgan fingerprint density at radius 2 is 1.82 bits per heavy atom. The number of halogens is 1. The van der Waals surface area contributed by atoms with E-state index in [4.69, 9.17) is 21.1 Å². The maximum Gasteiger partial charge on any atom is 0.179 e. The molecule has 0 radical (unpaired) electrons. The van der Waals surface area contributed by atoms with Crippen LogP contribution in [-0.2, 0) is 0 Å². The van der Waals surface area contributed by atoms with E-state index in [1.165, 1.54) is 0 Å². The van der Waals surface area contributed by atoms with Crippen LogP contribution in [0.2, 0.25) is 5.02 Å². The molecule has 0 N–H and O–H groups in total. The molecule has 0 heterocycles. The highest BCUT2D eigenvalue weighted by Gasteiger charge is 2.14. The zero-order valence-electron chi connectivity index (χ0n) is 10.4. The van der Waals surface area contributed by atoms with Gasteiger partial charge in [0, 0.05) is 12.0 Å². The van der Waals surface area contributed by atoms with Gasteiger partial charge in [-0.05, 0) is 26.0 Å². The van der Waals surface area contributed by atoms with E-state index < -0.39 is 0 Å². The predicted octanol–water partition coefficient (Wildman–Crippen LogP) is 3.73. The number of ether oxygens (including phenoxy) is 2. The van der Waals surface area contributed by atoms with Gasteiger partial charge in [0.2, 0.25) is 0 Å². The molecule has 0 atom stereocenters. The molecule has 0 saturated heterocycles. The lowest BCUT2D eigenvalue weighted by Gasteiger charge is -2.13. The second-order valence-electron chi connectivity index (χ2n) is 3.43. The van der Waals surface area contributed by atoms with E-state index in [-0.39, 0.29) is 5.78 Å². The van der Waals surface area contributed by atoms with Crippen LogP contribution in [0, 0.1) is 0 Å². The first kappa shape index (κ1) is 13.8. The van der Waals surface area contributed by atoms with Gasteiger partial charge in [0.25, 0.3) is 0 Å². The Labute approximate surface area is 107 Å². The summed E-state index contributed by atoms with van der Waals surface area (Å²) in [4.78, 5) is 11.6. The summed E-state index contributed by atoms with van der Waals surface area (Å²) < 4.78 is 10.9. The lowest BCUT2D eigenvalue weighted by Crippen LogP contribution is -2.03. The second kappa shape index (κ2) is 6.50. The summed E-state index contributed by atoms with van der Waals surface area (Å²) in [5.41, 5.74) is 0.560. The quantitative estimate of drug-likeness (QED) is 0.728. The van der Waals surface area contributed by atoms with Gasteiger partial charge in [-0.15, -0.1) is 0 Å². The van der Waals surface area contributed by atoms with E-state index in [1.807, 2.05) is 20.8 Å². The first-order valence-corrected chi connectivity index (χ1v) is 6.14. The van der Waals surface area contributed by atoms with Gasteiger partial charge < -0.3 is 9.47 Å². The van der Waals surface area contributed by atoms with Crippen molar-refractivity contribution in [1.29, 1.82) is 0 Å². The number of rotatable bonds is 6. The minimum atomic E-state index is 0.0379. The Balaban J connectivity index is 3.19. The van der Waals surface area contributed by atoms with Crippen LogP contribution < -0.4 is 9.47 Å². The van der Waals surface area contributed by atoms with Gasteiger partial charge in [0.15, 0.2) is 17.3 Å². The van der Waals surface area contributed by atoms with Gasteiger partial charge in [-0.2, -0.15) is 0 Å². The Kier molecular flexibility index (Phi) is 5.29. The van der Waals surface area contributed by atoms with Gasteiger partial charge >= 0.3 is 0 Å². The summed E-state index contributed by atoms with van der Waals surface area (Å²) in [6, 6.07) is 3.31. The van der Waals surface area contributed by atoms with Crippen molar-refractivity contribution in [2.75, 3.05) is 13.2 Å². The molecule has 0 aliphatic rings. The Bertz CT molecular complexity index is 402. The molecule has 0 bridgehead atoms. The zero-order chi connectivity index (χ0) is 12.8. The maximum absolute atomic E-state index is 11.6. The van der Waals surface area contributed by atoms with Crippen molar-refractivity contribution in [1.82, 2.24) is 0 Å². The van der Waals surface area contributed by atoms with E-state index in [0.29, 0.717) is 41.7 Å². The molecule has 0 amide bonds. The lowest BCUT2D eigenvalue weighted by molar-refractivity contribution is 0.0987. The van der Waals surface area contributed by atoms with E-state index in [0.717, 1.165) is 0 Å². The summed E-state index contributed by atoms with van der Waals surface area (Å²) in [5.74, 6) is 1.07. The average Bonchev–Trinajstić information content (AvgIpc) is 2.32. The number of carbonyl (C=O) groups is 1. The standard InChI is InChI=1S/C13H17ClO3/c1-4-11(15)9-7-10(14)13(17-6-3)12(8-9)16-5-2/h7-8H,4-6H2,1-3H3. The number of ketones is 1. The second-order valence-corrected chi connectivity index (χ2v) is 3.84. The van der Waals surface area contributed by atoms with Gasteiger partial charge in [0.1, 0.15) is 0 Å². The molecular weight excluding hydrogens is 240 g/mol. The molecule has 4 heteroatoms. The van der Waals surface area contributed by atoms with Crippen LogP contribution in [0.5, 0.6) is 11.5 Å². The van der Waals surface area contributed by atoms with Gasteiger partial charge in [-0.25, -0.2) is 0 Å². The first-order chi connectivity index (χ1) is 8.13. The number of hydrogen-bond acceptors (Lipinski definition) is 3. The molecule has 0 saturated carbocycles. The summed E-state index contributed by atoms with van der Waals surface area (Å²) in [7, 11) is 0. The smallest absolute Gasteiger partial charge is 0.179 e. The summed E-state index contributed by atoms with van der Waals surface area (Å²) in [5, 5.41) is 0.412. The van der Waals surface area contributed by atoms with Crippen LogP contribution in [0.4, 0.5) is 0 Å². The summed E-state index contributed by atoms with van der Waals surface area (Å²) in [6.45, 7) is 6.56. The van der Waals surface area contributed by atoms with E-state index in [2.05, 4.69) is 0 Å². The van der Waals surface area contributed by atoms with Crippen LogP contribution in [0.25, 0.3) is 0 Å². The normalized spacial score (nSPS) is 10.1. The monoisotopic (exact) mass is 256 g/mol. The molecule has 0 spiro atoms. The fourth-order valence-electron chi connectivity index (χ4n) is 1.48. The Morgan fingerprint density at radius 1 is 1.18 bits per heavy atom. The van der Waals surface area contributed by atoms with Crippen molar-refractivity contribution < 1.29 is 14.3 Å². The van der Waals surface area contributed by atoms with Crippen molar-refractivity contribution in [2.45, 2.75) is 27.2 Å². The minimum Gasteiger partial charge on any atom is -0.490 e. The Morgan fingerprint density at radius 3 is 2.35 bits per heavy atom. The molecule has 0 aliphatic heterocycles. The molecule has 0 unspecified atom stereocenters. The Hall–Kier alpha value is -1.22. The van der Waals surface area contributed by atoms with Crippen molar-refractivity contribution in [3.63, 3.8) is 0 Å². The first-order valence-electron chi connectivity index (χ1n) is 5.76. The number of hydrogen-bond donors (Lipinski definition) is 0. The van der Waals surface area contributed by atoms with Crippen molar-refractivity contribution >= 4 is 17.4 Å². The summed E-state index contributed by atoms with van der Waals surface area (Å²) >= 11 is 6.09. The van der Waals surface area contributed by atoms with Crippen molar-refractivity contribution in [3.8, 4) is 11.5 Å². The number of Topliss-reactive ketones (excluding diaryl/α,β-unsaturated/α-hetero) is 1. The molecule has 0 aliphatic carbocycles. The van der Waals surface area contributed by atoms with Crippen LogP contribution in [0.1, 0.15) is 37.6 Å². The SMILES string of the molecule is CCOc1cc(C(=O)CC)cc(Cl)c1OCC. The van der Waals surface area contributed by atoms with Gasteiger partial charge in [-0.1, -0.05) is 18.5 Å². The van der Waals surface area contributed by atoms with Gasteiger partial charge in [0.05, 0.1) is 18.2 Å². The van der Waals surface area contributed by atoms with E-state index >= 15 is 0 Å². The summed E-state index contributed by atoms with van der Waals surface area (Å²) in [6.07, 6.45) is 0.440. The topological polar surface area (TPSA) is 35.5 Å². The third-order valence-electron chi connectivity index (χ3n) is 2.24. The number of benzene rings is 1. The molecule has 1 aromatic carbocycles. The van der Waals surface area contributed by atoms with Crippen molar-refractivity contribution in [3.05, 3.63) is 22.7 Å². The van der Waals surface area contributed by atoms with E-state index in [1.54, 1.807) is 12.1 Å². The third-order valence-corrected chi connectivity index (χ3v) is 2.52. The molecule has 1 rings (SSSR count). The number of carbonyl (C=O) groups excluding carboxylic acids is 1. The highest BCUT2D eigenvalue weighted by atomic mass is 35.5. The van der Waals surface area contributed by atoms with E-state index in [9.17, 15) is 4.79 Å². The van der Waals surface area contributed by atoms with Crippen molar-refractivity contribution in [2.24, 2.45) is 0 Å². The highest BCUT2D eigenvalue weighted by molar-refractivity contribution is 6.32. The van der Waals surface area contributed by atoms with Crippen LogP contribution in [-0.4, -0.2) is 19.0 Å². The van der Waals surface area contributed by atoms with Crippen LogP contribution in [0.15, 0.2) is 12.1 Å². The van der Waals surface area contributed by atoms with Crippen LogP contribution in [0.3, 0.4) is 0 Å². The zero-order valence-corrected chi connectivity index (χ0v) is 11.1. The van der Waals surface area contributed by atoms with Crippen LogP contribution >= 0.6 is 11.6 Å². The fraction of sp³-hybridized carbons (Fsp3) is 0.462. The molecule has 17 heavy (non-hydrogen) atoms. The largest absolute Gasteiger partial charge is 0.490 e. The predicted molar refractivity (Wildman–Crippen MR) is 68.4 cm³/mol. The minimum absolute atomic E-state index is 0.0379. The lowest BCUT2D eigenvalue weighted by atomic mass is 10.1. The molecule has 0 fully saturated rings. The molecule has 94 valence electrons. The average molecular weight is 257 g/mol. The fourth-order valence-corrected chi connectivity index (χ4v) is 1.75. The molecule has 0 aromatic heterocycles. The van der Waals surface area contributed by atoms with Gasteiger partial charge in [-0.3, -0.25) is 4.79 Å². The molecule has 3 nitrogen and oxygen atoms in total. The highest BCUT2D eigenvalue weighted by Crippen LogP contribution is 2.36. The molecule has 1 aromatic rings.